The number of rotatable bonds is 41. The molecule has 1 unspecified atom stereocenters. The quantitative estimate of drug-likeness (QED) is 0.0265. The van der Waals surface area contributed by atoms with Gasteiger partial charge in [0.1, 0.15) is 13.2 Å². The Morgan fingerprint density at radius 1 is 0.368 bits per heavy atom. The largest absolute Gasteiger partial charge is 0.462 e. The van der Waals surface area contributed by atoms with Crippen molar-refractivity contribution in [2.45, 2.75) is 219 Å². The van der Waals surface area contributed by atoms with Gasteiger partial charge in [-0.15, -0.1) is 0 Å². The maximum atomic E-state index is 12.7. The number of ether oxygens (including phenoxy) is 3. The molecule has 0 aliphatic carbocycles. The van der Waals surface area contributed by atoms with Crippen molar-refractivity contribution in [2.75, 3.05) is 13.2 Å². The predicted molar refractivity (Wildman–Crippen MR) is 242 cm³/mol. The van der Waals surface area contributed by atoms with Gasteiger partial charge in [-0.25, -0.2) is 0 Å². The average Bonchev–Trinajstić information content (AvgIpc) is 3.21. The molecule has 0 rings (SSSR count). The zero-order valence-electron chi connectivity index (χ0n) is 37.1. The van der Waals surface area contributed by atoms with Crippen molar-refractivity contribution in [3.63, 3.8) is 0 Å². The molecule has 0 N–H and O–H groups in total. The Morgan fingerprint density at radius 2 is 0.684 bits per heavy atom. The van der Waals surface area contributed by atoms with E-state index >= 15 is 0 Å². The summed E-state index contributed by atoms with van der Waals surface area (Å²) in [6.45, 7) is 6.35. The molecule has 0 saturated heterocycles. The van der Waals surface area contributed by atoms with E-state index in [2.05, 4.69) is 93.7 Å². The smallest absolute Gasteiger partial charge is 0.306 e. The molecule has 0 aromatic heterocycles. The minimum atomic E-state index is -0.793. The van der Waals surface area contributed by atoms with Crippen molar-refractivity contribution in [2.24, 2.45) is 0 Å². The molecule has 0 fully saturated rings. The van der Waals surface area contributed by atoms with Gasteiger partial charge in [0.15, 0.2) is 6.10 Å². The van der Waals surface area contributed by atoms with Crippen LogP contribution in [0.3, 0.4) is 0 Å². The van der Waals surface area contributed by atoms with Gasteiger partial charge >= 0.3 is 17.9 Å². The minimum Gasteiger partial charge on any atom is -0.462 e. The van der Waals surface area contributed by atoms with E-state index in [1.54, 1.807) is 0 Å². The highest BCUT2D eigenvalue weighted by atomic mass is 16.6. The van der Waals surface area contributed by atoms with Gasteiger partial charge in [0.25, 0.3) is 0 Å². The molecule has 0 amide bonds. The van der Waals surface area contributed by atoms with Crippen LogP contribution in [0.5, 0.6) is 0 Å². The Bertz CT molecular complexity index is 1100. The van der Waals surface area contributed by atoms with E-state index in [1.807, 2.05) is 0 Å². The number of esters is 3. The van der Waals surface area contributed by atoms with Crippen LogP contribution in [-0.4, -0.2) is 37.2 Å². The molecule has 0 bridgehead atoms. The Hall–Kier alpha value is -3.15. The third-order valence-corrected chi connectivity index (χ3v) is 9.71. The molecular formula is C51H86O6. The third-order valence-electron chi connectivity index (χ3n) is 9.71. The van der Waals surface area contributed by atoms with E-state index in [0.717, 1.165) is 122 Å². The Morgan fingerprint density at radius 3 is 1.07 bits per heavy atom. The molecule has 326 valence electrons. The van der Waals surface area contributed by atoms with E-state index in [9.17, 15) is 14.4 Å². The van der Waals surface area contributed by atoms with E-state index in [1.165, 1.54) is 51.4 Å². The summed E-state index contributed by atoms with van der Waals surface area (Å²) in [4.78, 5) is 37.8. The standard InChI is InChI=1S/C51H86O6/c1-4-7-10-13-16-19-22-24-26-29-32-35-38-41-44-50(53)56-47-48(46-55-49(52)43-40-37-34-31-28-21-18-15-12-9-6-3)57-51(54)45-42-39-36-33-30-27-25-23-20-17-14-11-8-5-2/h7-8,10-11,16-17,19-20,24-27,48H,4-6,9,12-15,18,21-23,28-47H2,1-3H3/b10-7-,11-8-,19-16-,20-17-,26-24-,27-25-. The molecule has 0 aromatic carbocycles. The first-order chi connectivity index (χ1) is 28.0. The molecule has 0 heterocycles. The molecule has 57 heavy (non-hydrogen) atoms. The Labute approximate surface area is 351 Å². The summed E-state index contributed by atoms with van der Waals surface area (Å²) in [7, 11) is 0. The monoisotopic (exact) mass is 795 g/mol. The highest BCUT2D eigenvalue weighted by Gasteiger charge is 2.19. The van der Waals surface area contributed by atoms with Gasteiger partial charge in [0.2, 0.25) is 0 Å². The van der Waals surface area contributed by atoms with E-state index in [4.69, 9.17) is 14.2 Å². The van der Waals surface area contributed by atoms with Crippen LogP contribution in [0.1, 0.15) is 213 Å². The molecule has 1 atom stereocenters. The van der Waals surface area contributed by atoms with Gasteiger partial charge in [-0.1, -0.05) is 184 Å². The molecule has 0 radical (unpaired) electrons. The minimum absolute atomic E-state index is 0.0912. The van der Waals surface area contributed by atoms with E-state index < -0.39 is 6.10 Å². The number of unbranched alkanes of at least 4 members (excludes halogenated alkanes) is 18. The number of carbonyl (C=O) groups is 3. The summed E-state index contributed by atoms with van der Waals surface area (Å²) < 4.78 is 16.7. The van der Waals surface area contributed by atoms with E-state index in [0.29, 0.717) is 19.3 Å². The molecule has 6 nitrogen and oxygen atoms in total. The highest BCUT2D eigenvalue weighted by Crippen LogP contribution is 2.14. The zero-order chi connectivity index (χ0) is 41.5. The first-order valence-corrected chi connectivity index (χ1v) is 23.4. The molecule has 0 saturated carbocycles. The van der Waals surface area contributed by atoms with E-state index in [-0.39, 0.29) is 31.1 Å². The normalized spacial score (nSPS) is 12.7. The Balaban J connectivity index is 4.46. The van der Waals surface area contributed by atoms with Gasteiger partial charge in [0, 0.05) is 19.3 Å². The van der Waals surface area contributed by atoms with Crippen LogP contribution < -0.4 is 0 Å². The van der Waals surface area contributed by atoms with Crippen LogP contribution in [0.25, 0.3) is 0 Å². The molecule has 0 aromatic rings. The van der Waals surface area contributed by atoms with Gasteiger partial charge in [-0.2, -0.15) is 0 Å². The topological polar surface area (TPSA) is 78.9 Å². The lowest BCUT2D eigenvalue weighted by atomic mass is 10.1. The van der Waals surface area contributed by atoms with Crippen molar-refractivity contribution in [1.29, 1.82) is 0 Å². The summed E-state index contributed by atoms with van der Waals surface area (Å²) in [5.41, 5.74) is 0. The maximum absolute atomic E-state index is 12.7. The molecule has 6 heteroatoms. The predicted octanol–water partition coefficient (Wildman–Crippen LogP) is 15.1. The first-order valence-electron chi connectivity index (χ1n) is 23.4. The lowest BCUT2D eigenvalue weighted by Gasteiger charge is -2.18. The number of hydrogen-bond acceptors (Lipinski definition) is 6. The maximum Gasteiger partial charge on any atom is 0.306 e. The fourth-order valence-corrected chi connectivity index (χ4v) is 6.23. The van der Waals surface area contributed by atoms with Crippen molar-refractivity contribution in [3.05, 3.63) is 72.9 Å². The van der Waals surface area contributed by atoms with Crippen LogP contribution in [0, 0.1) is 0 Å². The van der Waals surface area contributed by atoms with Gasteiger partial charge < -0.3 is 14.2 Å². The Kier molecular flexibility index (Phi) is 43.0. The third kappa shape index (κ3) is 43.8. The van der Waals surface area contributed by atoms with Crippen molar-refractivity contribution < 1.29 is 28.6 Å². The number of carbonyl (C=O) groups excluding carboxylic acids is 3. The fraction of sp³-hybridized carbons (Fsp3) is 0.706. The summed E-state index contributed by atoms with van der Waals surface area (Å²) in [5, 5.41) is 0. The zero-order valence-corrected chi connectivity index (χ0v) is 37.1. The lowest BCUT2D eigenvalue weighted by molar-refractivity contribution is -0.167. The average molecular weight is 795 g/mol. The van der Waals surface area contributed by atoms with Crippen LogP contribution in [0.2, 0.25) is 0 Å². The van der Waals surface area contributed by atoms with Crippen LogP contribution in [0.15, 0.2) is 72.9 Å². The highest BCUT2D eigenvalue weighted by molar-refractivity contribution is 5.71. The first kappa shape index (κ1) is 53.9. The molecule has 0 spiro atoms. The van der Waals surface area contributed by atoms with Crippen molar-refractivity contribution >= 4 is 17.9 Å². The summed E-state index contributed by atoms with van der Waals surface area (Å²) in [6.07, 6.45) is 55.9. The molecule has 0 aliphatic heterocycles. The van der Waals surface area contributed by atoms with Gasteiger partial charge in [0.05, 0.1) is 0 Å². The summed E-state index contributed by atoms with van der Waals surface area (Å²) in [6, 6.07) is 0. The second-order valence-electron chi connectivity index (χ2n) is 15.3. The molecular weight excluding hydrogens is 709 g/mol. The second kappa shape index (κ2) is 45.6. The number of allylic oxidation sites excluding steroid dienone is 12. The lowest BCUT2D eigenvalue weighted by Crippen LogP contribution is -2.30. The van der Waals surface area contributed by atoms with Crippen LogP contribution in [-0.2, 0) is 28.6 Å². The second-order valence-corrected chi connectivity index (χ2v) is 15.3. The van der Waals surface area contributed by atoms with Crippen LogP contribution >= 0.6 is 0 Å². The van der Waals surface area contributed by atoms with Gasteiger partial charge in [-0.3, -0.25) is 14.4 Å². The van der Waals surface area contributed by atoms with Crippen molar-refractivity contribution in [3.8, 4) is 0 Å². The van der Waals surface area contributed by atoms with Crippen molar-refractivity contribution in [1.82, 2.24) is 0 Å². The summed E-state index contributed by atoms with van der Waals surface area (Å²) >= 11 is 0. The molecule has 0 aliphatic rings. The summed E-state index contributed by atoms with van der Waals surface area (Å²) in [5.74, 6) is -0.941. The fourth-order valence-electron chi connectivity index (χ4n) is 6.23. The number of hydrogen-bond donors (Lipinski definition) is 0. The SMILES string of the molecule is CC/C=C\C/C=C\C/C=C\CCCCCCC(=O)OCC(COC(=O)CCCCCCCCCCCCC)OC(=O)CCCCCC/C=C\C/C=C\C/C=C\CC. The van der Waals surface area contributed by atoms with Gasteiger partial charge in [-0.05, 0) is 83.5 Å². The van der Waals surface area contributed by atoms with Crippen LogP contribution in [0.4, 0.5) is 0 Å².